The quantitative estimate of drug-likeness (QED) is 0.470. The Kier molecular flexibility index (Phi) is 5.53. The molecule has 1 atom stereocenters. The second-order valence-electron chi connectivity index (χ2n) is 8.76. The minimum atomic E-state index is -0.386. The second kappa shape index (κ2) is 8.48. The SMILES string of the molecule is Cc1cn2cc(-c3cc4ccc(CCCN5CCC[C@@H]5CO)cc4oc3=O)nc2c(C)n1. The van der Waals surface area contributed by atoms with Gasteiger partial charge < -0.3 is 13.9 Å². The van der Waals surface area contributed by atoms with Crippen molar-refractivity contribution in [1.82, 2.24) is 19.3 Å². The minimum absolute atomic E-state index is 0.242. The maximum Gasteiger partial charge on any atom is 0.345 e. The first-order chi connectivity index (χ1) is 15.5. The molecule has 7 heteroatoms. The van der Waals surface area contributed by atoms with Gasteiger partial charge in [0.25, 0.3) is 0 Å². The van der Waals surface area contributed by atoms with Gasteiger partial charge in [0, 0.05) is 23.8 Å². The molecule has 0 saturated carbocycles. The molecule has 0 unspecified atom stereocenters. The van der Waals surface area contributed by atoms with Crippen molar-refractivity contribution in [3.05, 3.63) is 64.0 Å². The van der Waals surface area contributed by atoms with Gasteiger partial charge in [0.1, 0.15) is 5.58 Å². The molecule has 32 heavy (non-hydrogen) atoms. The van der Waals surface area contributed by atoms with Crippen LogP contribution in [0.5, 0.6) is 0 Å². The first-order valence-corrected chi connectivity index (χ1v) is 11.3. The third-order valence-corrected chi connectivity index (χ3v) is 6.42. The zero-order valence-electron chi connectivity index (χ0n) is 18.5. The van der Waals surface area contributed by atoms with Crippen molar-refractivity contribution in [1.29, 1.82) is 0 Å². The number of hydrogen-bond donors (Lipinski definition) is 1. The van der Waals surface area contributed by atoms with Gasteiger partial charge in [-0.15, -0.1) is 0 Å². The lowest BCUT2D eigenvalue weighted by molar-refractivity contribution is 0.158. The van der Waals surface area contributed by atoms with Crippen molar-refractivity contribution in [2.75, 3.05) is 19.7 Å². The molecular weight excluding hydrogens is 404 g/mol. The Morgan fingerprint density at radius 3 is 2.91 bits per heavy atom. The fourth-order valence-corrected chi connectivity index (χ4v) is 4.81. The third kappa shape index (κ3) is 3.94. The van der Waals surface area contributed by atoms with E-state index in [1.54, 1.807) is 0 Å². The van der Waals surface area contributed by atoms with E-state index in [2.05, 4.69) is 20.9 Å². The maximum absolute atomic E-state index is 12.8. The molecule has 1 fully saturated rings. The lowest BCUT2D eigenvalue weighted by Gasteiger charge is -2.22. The van der Waals surface area contributed by atoms with Gasteiger partial charge in [-0.2, -0.15) is 0 Å². The van der Waals surface area contributed by atoms with Crippen LogP contribution in [0.25, 0.3) is 27.9 Å². The van der Waals surface area contributed by atoms with E-state index in [-0.39, 0.29) is 12.2 Å². The lowest BCUT2D eigenvalue weighted by Crippen LogP contribution is -2.33. The summed E-state index contributed by atoms with van der Waals surface area (Å²) in [6.45, 7) is 6.14. The summed E-state index contributed by atoms with van der Waals surface area (Å²) >= 11 is 0. The molecule has 0 spiro atoms. The first kappa shape index (κ1) is 20.8. The van der Waals surface area contributed by atoms with Crippen LogP contribution in [-0.2, 0) is 6.42 Å². The summed E-state index contributed by atoms with van der Waals surface area (Å²) in [5.41, 5.74) is 4.87. The highest BCUT2D eigenvalue weighted by molar-refractivity contribution is 5.81. The smallest absolute Gasteiger partial charge is 0.345 e. The van der Waals surface area contributed by atoms with E-state index >= 15 is 0 Å². The summed E-state index contributed by atoms with van der Waals surface area (Å²) in [4.78, 5) is 24.2. The molecule has 5 rings (SSSR count). The number of fused-ring (bicyclic) bond motifs is 2. The lowest BCUT2D eigenvalue weighted by atomic mass is 10.1. The van der Waals surface area contributed by atoms with E-state index in [4.69, 9.17) is 4.42 Å². The number of nitrogens with zero attached hydrogens (tertiary/aromatic N) is 4. The Balaban J connectivity index is 1.38. The number of hydrogen-bond acceptors (Lipinski definition) is 6. The summed E-state index contributed by atoms with van der Waals surface area (Å²) in [5, 5.41) is 10.4. The van der Waals surface area contributed by atoms with E-state index < -0.39 is 0 Å². The number of imidazole rings is 1. The zero-order valence-corrected chi connectivity index (χ0v) is 18.5. The van der Waals surface area contributed by atoms with Crippen LogP contribution >= 0.6 is 0 Å². The van der Waals surface area contributed by atoms with Gasteiger partial charge in [0.05, 0.1) is 29.3 Å². The van der Waals surface area contributed by atoms with Crippen LogP contribution in [0, 0.1) is 13.8 Å². The van der Waals surface area contributed by atoms with Crippen LogP contribution in [0.2, 0.25) is 0 Å². The molecular formula is C25H28N4O3. The summed E-state index contributed by atoms with van der Waals surface area (Å²) in [7, 11) is 0. The fraction of sp³-hybridized carbons (Fsp3) is 0.400. The van der Waals surface area contributed by atoms with Crippen LogP contribution in [-0.4, -0.2) is 50.1 Å². The Morgan fingerprint density at radius 1 is 1.19 bits per heavy atom. The van der Waals surface area contributed by atoms with Crippen LogP contribution in [0.3, 0.4) is 0 Å². The number of aliphatic hydroxyl groups is 1. The third-order valence-electron chi connectivity index (χ3n) is 6.42. The molecule has 166 valence electrons. The number of benzene rings is 1. The van der Waals surface area contributed by atoms with Crippen molar-refractivity contribution < 1.29 is 9.52 Å². The standard InChI is InChI=1S/C25H28N4O3/c1-16-13-29-14-22(27-24(29)17(2)26-16)21-12-19-8-7-18(11-23(19)32-25(21)31)5-3-9-28-10-4-6-20(28)15-30/h7-8,11-14,20,30H,3-6,9-10,15H2,1-2H3/t20-/m1/s1. The number of aryl methyl sites for hydroxylation is 3. The fourth-order valence-electron chi connectivity index (χ4n) is 4.81. The minimum Gasteiger partial charge on any atom is -0.422 e. The Labute approximate surface area is 186 Å². The van der Waals surface area contributed by atoms with Gasteiger partial charge in [-0.1, -0.05) is 12.1 Å². The predicted molar refractivity (Wildman–Crippen MR) is 124 cm³/mol. The molecule has 4 aromatic rings. The van der Waals surface area contributed by atoms with Crippen LogP contribution < -0.4 is 5.63 Å². The molecule has 7 nitrogen and oxygen atoms in total. The zero-order chi connectivity index (χ0) is 22.2. The van der Waals surface area contributed by atoms with Crippen LogP contribution in [0.4, 0.5) is 0 Å². The van der Waals surface area contributed by atoms with E-state index in [1.165, 1.54) is 0 Å². The van der Waals surface area contributed by atoms with Gasteiger partial charge in [-0.3, -0.25) is 9.88 Å². The van der Waals surface area contributed by atoms with E-state index in [9.17, 15) is 9.90 Å². The molecule has 0 amide bonds. The molecule has 1 aliphatic heterocycles. The van der Waals surface area contributed by atoms with Crippen molar-refractivity contribution in [2.24, 2.45) is 0 Å². The Hall–Kier alpha value is -3.03. The molecule has 0 aliphatic carbocycles. The number of aliphatic hydroxyl groups excluding tert-OH is 1. The van der Waals surface area contributed by atoms with Crippen molar-refractivity contribution >= 4 is 16.6 Å². The second-order valence-corrected chi connectivity index (χ2v) is 8.76. The van der Waals surface area contributed by atoms with E-state index in [1.807, 2.05) is 48.8 Å². The normalized spacial score (nSPS) is 17.0. The molecule has 0 radical (unpaired) electrons. The largest absolute Gasteiger partial charge is 0.422 e. The molecule has 4 heterocycles. The maximum atomic E-state index is 12.8. The average molecular weight is 433 g/mol. The molecule has 1 aliphatic rings. The highest BCUT2D eigenvalue weighted by Gasteiger charge is 2.22. The van der Waals surface area contributed by atoms with Gasteiger partial charge in [0.2, 0.25) is 0 Å². The summed E-state index contributed by atoms with van der Waals surface area (Å²) in [5.74, 6) is 0. The number of likely N-dealkylation sites (tertiary alicyclic amines) is 1. The van der Waals surface area contributed by atoms with Gasteiger partial charge >= 0.3 is 5.63 Å². The van der Waals surface area contributed by atoms with Crippen LogP contribution in [0.1, 0.15) is 36.2 Å². The summed E-state index contributed by atoms with van der Waals surface area (Å²) in [6, 6.07) is 8.25. The molecule has 3 aromatic heterocycles. The van der Waals surface area contributed by atoms with Crippen LogP contribution in [0.15, 0.2) is 45.9 Å². The van der Waals surface area contributed by atoms with Crippen molar-refractivity contribution in [2.45, 2.75) is 45.6 Å². The average Bonchev–Trinajstić information content (AvgIpc) is 3.40. The number of rotatable bonds is 6. The molecule has 1 aromatic carbocycles. The van der Waals surface area contributed by atoms with Gasteiger partial charge in [-0.25, -0.2) is 9.78 Å². The highest BCUT2D eigenvalue weighted by atomic mass is 16.4. The van der Waals surface area contributed by atoms with Gasteiger partial charge in [-0.05, 0) is 70.3 Å². The Morgan fingerprint density at radius 2 is 2.06 bits per heavy atom. The predicted octanol–water partition coefficient (Wildman–Crippen LogP) is 3.51. The Bertz CT molecular complexity index is 1340. The molecule has 1 saturated heterocycles. The van der Waals surface area contributed by atoms with E-state index in [0.29, 0.717) is 22.9 Å². The molecule has 0 bridgehead atoms. The summed E-state index contributed by atoms with van der Waals surface area (Å²) < 4.78 is 7.59. The topological polar surface area (TPSA) is 83.9 Å². The first-order valence-electron chi connectivity index (χ1n) is 11.3. The van der Waals surface area contributed by atoms with E-state index in [0.717, 1.165) is 66.8 Å². The summed E-state index contributed by atoms with van der Waals surface area (Å²) in [6.07, 6.45) is 7.92. The van der Waals surface area contributed by atoms with Crippen molar-refractivity contribution in [3.63, 3.8) is 0 Å². The molecule has 1 N–H and O–H groups in total. The van der Waals surface area contributed by atoms with Gasteiger partial charge in [0.15, 0.2) is 5.65 Å². The van der Waals surface area contributed by atoms with Crippen molar-refractivity contribution in [3.8, 4) is 11.3 Å². The highest BCUT2D eigenvalue weighted by Crippen LogP contribution is 2.24. The number of aromatic nitrogens is 3. The monoisotopic (exact) mass is 432 g/mol.